The summed E-state index contributed by atoms with van der Waals surface area (Å²) in [5.74, 6) is -2.92. The molecule has 1 aliphatic rings. The number of likely N-dealkylation sites (tertiary alicyclic amines) is 1. The topological polar surface area (TPSA) is 88.4 Å². The minimum atomic E-state index is -4.73. The van der Waals surface area contributed by atoms with Crippen LogP contribution in [0.5, 0.6) is 0 Å². The van der Waals surface area contributed by atoms with Gasteiger partial charge < -0.3 is 4.90 Å². The van der Waals surface area contributed by atoms with E-state index < -0.39 is 46.4 Å². The van der Waals surface area contributed by atoms with E-state index in [0.717, 1.165) is 23.3 Å². The first kappa shape index (κ1) is 17.7. The molecule has 1 amide bonds. The number of halogens is 3. The zero-order chi connectivity index (χ0) is 17.6. The maximum atomic E-state index is 13.2. The molecule has 0 aromatic carbocycles. The van der Waals surface area contributed by atoms with Gasteiger partial charge in [0.15, 0.2) is 5.69 Å². The zero-order valence-electron chi connectivity index (χ0n) is 12.6. The van der Waals surface area contributed by atoms with E-state index in [1.807, 2.05) is 0 Å². The molecule has 1 fully saturated rings. The van der Waals surface area contributed by atoms with E-state index in [4.69, 9.17) is 0 Å². The lowest BCUT2D eigenvalue weighted by Gasteiger charge is -2.23. The SMILES string of the molecule is CN(C)S(=O)(=O)[C@@H]1CN(C(=O)c2cn(C)nn2)C[C@H]1C(F)(F)F. The van der Waals surface area contributed by atoms with E-state index in [9.17, 15) is 26.4 Å². The smallest absolute Gasteiger partial charge is 0.335 e. The predicted molar refractivity (Wildman–Crippen MR) is 72.8 cm³/mol. The number of nitrogens with zero attached hydrogens (tertiary/aromatic N) is 5. The summed E-state index contributed by atoms with van der Waals surface area (Å²) < 4.78 is 65.9. The van der Waals surface area contributed by atoms with Crippen LogP contribution in [-0.2, 0) is 17.1 Å². The van der Waals surface area contributed by atoms with Crippen molar-refractivity contribution >= 4 is 15.9 Å². The van der Waals surface area contributed by atoms with Gasteiger partial charge in [0, 0.05) is 34.2 Å². The minimum Gasteiger partial charge on any atom is -0.335 e. The molecule has 2 atom stereocenters. The highest BCUT2D eigenvalue weighted by Gasteiger charge is 2.56. The Hall–Kier alpha value is -1.69. The summed E-state index contributed by atoms with van der Waals surface area (Å²) >= 11 is 0. The van der Waals surface area contributed by atoms with Crippen molar-refractivity contribution in [2.24, 2.45) is 13.0 Å². The van der Waals surface area contributed by atoms with Crippen LogP contribution in [0.25, 0.3) is 0 Å². The minimum absolute atomic E-state index is 0.128. The Kier molecular flexibility index (Phi) is 4.41. The van der Waals surface area contributed by atoms with Crippen LogP contribution in [-0.4, -0.2) is 77.1 Å². The molecule has 1 aromatic rings. The molecule has 1 aliphatic heterocycles. The second-order valence-corrected chi connectivity index (χ2v) is 7.87. The van der Waals surface area contributed by atoms with Crippen LogP contribution in [0.15, 0.2) is 6.20 Å². The van der Waals surface area contributed by atoms with Crippen molar-refractivity contribution in [1.29, 1.82) is 0 Å². The fraction of sp³-hybridized carbons (Fsp3) is 0.727. The van der Waals surface area contributed by atoms with Crippen molar-refractivity contribution in [3.05, 3.63) is 11.9 Å². The summed E-state index contributed by atoms with van der Waals surface area (Å²) in [4.78, 5) is 13.1. The van der Waals surface area contributed by atoms with Crippen LogP contribution in [0.4, 0.5) is 13.2 Å². The van der Waals surface area contributed by atoms with Gasteiger partial charge in [-0.3, -0.25) is 9.48 Å². The number of aromatic nitrogens is 3. The Morgan fingerprint density at radius 2 is 1.96 bits per heavy atom. The van der Waals surface area contributed by atoms with E-state index in [1.54, 1.807) is 0 Å². The summed E-state index contributed by atoms with van der Waals surface area (Å²) in [5, 5.41) is 5.36. The predicted octanol–water partition coefficient (Wildman–Crippen LogP) is -0.291. The van der Waals surface area contributed by atoms with Gasteiger partial charge in [-0.1, -0.05) is 5.21 Å². The number of carbonyl (C=O) groups excluding carboxylic acids is 1. The maximum Gasteiger partial charge on any atom is 0.394 e. The van der Waals surface area contributed by atoms with Crippen molar-refractivity contribution in [2.75, 3.05) is 27.2 Å². The van der Waals surface area contributed by atoms with Crippen LogP contribution in [0, 0.1) is 5.92 Å². The summed E-state index contributed by atoms with van der Waals surface area (Å²) in [7, 11) is -0.343. The lowest BCUT2D eigenvalue weighted by Crippen LogP contribution is -2.43. The molecule has 1 aromatic heterocycles. The Morgan fingerprint density at radius 1 is 1.35 bits per heavy atom. The van der Waals surface area contributed by atoms with Gasteiger partial charge in [0.25, 0.3) is 5.91 Å². The average Bonchev–Trinajstić information content (AvgIpc) is 3.03. The van der Waals surface area contributed by atoms with E-state index >= 15 is 0 Å². The number of amides is 1. The highest BCUT2D eigenvalue weighted by molar-refractivity contribution is 7.89. The van der Waals surface area contributed by atoms with Crippen LogP contribution in [0.1, 0.15) is 10.5 Å². The first-order valence-corrected chi connectivity index (χ1v) is 8.08. The third-order valence-electron chi connectivity index (χ3n) is 3.69. The van der Waals surface area contributed by atoms with Crippen molar-refractivity contribution in [3.63, 3.8) is 0 Å². The molecule has 0 saturated carbocycles. The molecule has 2 rings (SSSR count). The molecule has 130 valence electrons. The largest absolute Gasteiger partial charge is 0.394 e. The fourth-order valence-electron chi connectivity index (χ4n) is 2.43. The lowest BCUT2D eigenvalue weighted by molar-refractivity contribution is -0.169. The molecule has 0 unspecified atom stereocenters. The first-order chi connectivity index (χ1) is 10.4. The molecule has 23 heavy (non-hydrogen) atoms. The Morgan fingerprint density at radius 3 is 2.39 bits per heavy atom. The molecule has 0 radical (unpaired) electrons. The molecule has 0 spiro atoms. The average molecular weight is 355 g/mol. The van der Waals surface area contributed by atoms with Crippen molar-refractivity contribution in [3.8, 4) is 0 Å². The number of alkyl halides is 3. The van der Waals surface area contributed by atoms with Gasteiger partial charge in [0.05, 0.1) is 12.1 Å². The summed E-state index contributed by atoms with van der Waals surface area (Å²) in [5.41, 5.74) is -0.128. The van der Waals surface area contributed by atoms with E-state index in [0.29, 0.717) is 0 Å². The van der Waals surface area contributed by atoms with Gasteiger partial charge >= 0.3 is 6.18 Å². The van der Waals surface area contributed by atoms with Crippen LogP contribution >= 0.6 is 0 Å². The highest BCUT2D eigenvalue weighted by Crippen LogP contribution is 2.38. The molecule has 0 aliphatic carbocycles. The van der Waals surface area contributed by atoms with Crippen molar-refractivity contribution in [2.45, 2.75) is 11.4 Å². The maximum absolute atomic E-state index is 13.2. The number of carbonyl (C=O) groups is 1. The molecule has 1 saturated heterocycles. The monoisotopic (exact) mass is 355 g/mol. The second kappa shape index (κ2) is 5.74. The van der Waals surface area contributed by atoms with E-state index in [-0.39, 0.29) is 5.69 Å². The summed E-state index contributed by atoms with van der Waals surface area (Å²) in [6.07, 6.45) is -3.47. The third kappa shape index (κ3) is 3.32. The van der Waals surface area contributed by atoms with Gasteiger partial charge in [-0.2, -0.15) is 13.2 Å². The number of hydrogen-bond acceptors (Lipinski definition) is 5. The number of sulfonamides is 1. The third-order valence-corrected chi connectivity index (χ3v) is 5.95. The van der Waals surface area contributed by atoms with E-state index in [1.165, 1.54) is 17.9 Å². The van der Waals surface area contributed by atoms with Crippen LogP contribution in [0.3, 0.4) is 0 Å². The van der Waals surface area contributed by atoms with Crippen LogP contribution in [0.2, 0.25) is 0 Å². The van der Waals surface area contributed by atoms with Gasteiger partial charge in [-0.15, -0.1) is 5.10 Å². The first-order valence-electron chi connectivity index (χ1n) is 6.58. The molecule has 0 N–H and O–H groups in total. The number of aryl methyl sites for hydroxylation is 1. The van der Waals surface area contributed by atoms with Crippen LogP contribution < -0.4 is 0 Å². The molecule has 2 heterocycles. The zero-order valence-corrected chi connectivity index (χ0v) is 13.5. The lowest BCUT2D eigenvalue weighted by atomic mass is 10.1. The normalized spacial score (nSPS) is 22.8. The standard InChI is InChI=1S/C11H16F3N5O3S/c1-17(2)23(21,22)9-6-19(4-7(9)11(12,13)14)10(20)8-5-18(3)16-15-8/h5,7,9H,4,6H2,1-3H3/t7-,9-/m1/s1. The van der Waals surface area contributed by atoms with Gasteiger partial charge in [0.1, 0.15) is 5.25 Å². The Bertz CT molecular complexity index is 700. The number of hydrogen-bond donors (Lipinski definition) is 0. The van der Waals surface area contributed by atoms with Crippen molar-refractivity contribution in [1.82, 2.24) is 24.2 Å². The van der Waals surface area contributed by atoms with Gasteiger partial charge in [-0.05, 0) is 0 Å². The van der Waals surface area contributed by atoms with Crippen molar-refractivity contribution < 1.29 is 26.4 Å². The molecule has 8 nitrogen and oxygen atoms in total. The van der Waals surface area contributed by atoms with Gasteiger partial charge in [0.2, 0.25) is 10.0 Å². The van der Waals surface area contributed by atoms with Gasteiger partial charge in [-0.25, -0.2) is 12.7 Å². The summed E-state index contributed by atoms with van der Waals surface area (Å²) in [6.45, 7) is -1.27. The highest BCUT2D eigenvalue weighted by atomic mass is 32.2. The Balaban J connectivity index is 2.32. The van der Waals surface area contributed by atoms with E-state index in [2.05, 4.69) is 10.3 Å². The summed E-state index contributed by atoms with van der Waals surface area (Å²) in [6, 6.07) is 0. The number of rotatable bonds is 3. The molecule has 12 heteroatoms. The quantitative estimate of drug-likeness (QED) is 0.743. The molecular formula is C11H16F3N5O3S. The Labute approximate surface area is 130 Å². The molecular weight excluding hydrogens is 339 g/mol. The fourth-order valence-corrected chi connectivity index (χ4v) is 4.00. The second-order valence-electron chi connectivity index (χ2n) is 5.50. The molecule has 0 bridgehead atoms.